The van der Waals surface area contributed by atoms with E-state index in [0.29, 0.717) is 24.2 Å². The van der Waals surface area contributed by atoms with Crippen LogP contribution in [0.3, 0.4) is 0 Å². The van der Waals surface area contributed by atoms with Crippen molar-refractivity contribution in [3.05, 3.63) is 23.4 Å². The minimum absolute atomic E-state index is 0.247. The number of nitrogens with one attached hydrogen (secondary N) is 1. The number of aryl methyl sites for hydroxylation is 1. The lowest BCUT2D eigenvalue weighted by Gasteiger charge is -2.35. The molecule has 0 amide bonds. The van der Waals surface area contributed by atoms with E-state index in [-0.39, 0.29) is 5.54 Å². The van der Waals surface area contributed by atoms with Crippen molar-refractivity contribution < 1.29 is 9.05 Å². The molecule has 2 aromatic heterocycles. The van der Waals surface area contributed by atoms with Crippen molar-refractivity contribution in [1.82, 2.24) is 25.6 Å². The molecule has 0 spiro atoms. The number of hydrogen-bond acceptors (Lipinski definition) is 7. The normalized spacial score (nSPS) is 17.7. The van der Waals surface area contributed by atoms with Gasteiger partial charge in [0.1, 0.15) is 0 Å². The van der Waals surface area contributed by atoms with Crippen LogP contribution >= 0.6 is 0 Å². The van der Waals surface area contributed by atoms with Crippen LogP contribution in [0.1, 0.15) is 69.4 Å². The Morgan fingerprint density at radius 3 is 2.52 bits per heavy atom. The van der Waals surface area contributed by atoms with Crippen LogP contribution in [-0.4, -0.2) is 20.3 Å². The molecule has 0 saturated heterocycles. The maximum absolute atomic E-state index is 5.35. The zero-order chi connectivity index (χ0) is 16.3. The maximum atomic E-state index is 5.35. The Kier molecular flexibility index (Phi) is 4.75. The monoisotopic (exact) mass is 319 g/mol. The van der Waals surface area contributed by atoms with Gasteiger partial charge in [0.2, 0.25) is 11.8 Å². The summed E-state index contributed by atoms with van der Waals surface area (Å²) < 4.78 is 10.5. The van der Waals surface area contributed by atoms with Crippen LogP contribution in [0.4, 0.5) is 0 Å². The molecule has 7 heteroatoms. The van der Waals surface area contributed by atoms with E-state index < -0.39 is 0 Å². The zero-order valence-corrected chi connectivity index (χ0v) is 14.1. The van der Waals surface area contributed by atoms with Crippen LogP contribution in [0.25, 0.3) is 0 Å². The second-order valence-electron chi connectivity index (χ2n) is 6.84. The van der Waals surface area contributed by atoms with Gasteiger partial charge in [0.05, 0.1) is 12.1 Å². The Bertz CT molecular complexity index is 628. The Morgan fingerprint density at radius 2 is 1.87 bits per heavy atom. The first-order valence-electron chi connectivity index (χ1n) is 8.45. The fourth-order valence-corrected chi connectivity index (χ4v) is 3.18. The van der Waals surface area contributed by atoms with Gasteiger partial charge in [-0.25, -0.2) is 0 Å². The summed E-state index contributed by atoms with van der Waals surface area (Å²) in [4.78, 5) is 8.92. The minimum Gasteiger partial charge on any atom is -0.340 e. The van der Waals surface area contributed by atoms with Crippen LogP contribution < -0.4 is 5.32 Å². The fraction of sp³-hybridized carbons (Fsp3) is 0.750. The molecule has 1 fully saturated rings. The molecule has 0 atom stereocenters. The summed E-state index contributed by atoms with van der Waals surface area (Å²) in [5, 5.41) is 11.8. The average molecular weight is 319 g/mol. The highest BCUT2D eigenvalue weighted by Gasteiger charge is 2.38. The van der Waals surface area contributed by atoms with Crippen molar-refractivity contribution in [3.63, 3.8) is 0 Å². The van der Waals surface area contributed by atoms with Gasteiger partial charge < -0.3 is 9.05 Å². The Hall–Kier alpha value is -1.76. The summed E-state index contributed by atoms with van der Waals surface area (Å²) in [5.74, 6) is 3.25. The molecule has 2 aromatic rings. The summed E-state index contributed by atoms with van der Waals surface area (Å²) in [5.41, 5.74) is -0.247. The largest absolute Gasteiger partial charge is 0.340 e. The molecule has 0 aromatic carbocycles. The van der Waals surface area contributed by atoms with Crippen molar-refractivity contribution in [3.8, 4) is 0 Å². The molecule has 1 aliphatic carbocycles. The smallest absolute Gasteiger partial charge is 0.240 e. The standard InChI is InChI=1S/C16H25N5O2/c1-11(2)9-13-19-14(23-20-13)10-17-16(7-5-4-6-8-16)15-18-12(3)22-21-15/h11,17H,4-10H2,1-3H3. The molecule has 1 N–H and O–H groups in total. The topological polar surface area (TPSA) is 89.9 Å². The minimum atomic E-state index is -0.247. The number of aromatic nitrogens is 4. The number of rotatable bonds is 6. The van der Waals surface area contributed by atoms with E-state index in [1.165, 1.54) is 6.42 Å². The molecule has 7 nitrogen and oxygen atoms in total. The average Bonchev–Trinajstić information content (AvgIpc) is 3.15. The van der Waals surface area contributed by atoms with Crippen LogP contribution in [-0.2, 0) is 18.5 Å². The van der Waals surface area contributed by atoms with Crippen LogP contribution in [0, 0.1) is 12.8 Å². The highest BCUT2D eigenvalue weighted by atomic mass is 16.5. The third-order valence-electron chi connectivity index (χ3n) is 4.34. The van der Waals surface area contributed by atoms with Crippen LogP contribution in [0.5, 0.6) is 0 Å². The quantitative estimate of drug-likeness (QED) is 0.875. The highest BCUT2D eigenvalue weighted by Crippen LogP contribution is 2.35. The molecule has 0 aliphatic heterocycles. The van der Waals surface area contributed by atoms with E-state index in [2.05, 4.69) is 39.4 Å². The van der Waals surface area contributed by atoms with E-state index >= 15 is 0 Å². The molecule has 2 heterocycles. The van der Waals surface area contributed by atoms with Gasteiger partial charge in [0, 0.05) is 13.3 Å². The molecule has 3 rings (SSSR count). The zero-order valence-electron chi connectivity index (χ0n) is 14.1. The number of hydrogen-bond donors (Lipinski definition) is 1. The van der Waals surface area contributed by atoms with Gasteiger partial charge in [-0.05, 0) is 18.8 Å². The first-order chi connectivity index (χ1) is 11.1. The van der Waals surface area contributed by atoms with Gasteiger partial charge in [-0.2, -0.15) is 9.97 Å². The lowest BCUT2D eigenvalue weighted by atomic mass is 9.81. The molecule has 0 unspecified atom stereocenters. The molecule has 23 heavy (non-hydrogen) atoms. The predicted octanol–water partition coefficient (Wildman–Crippen LogP) is 2.91. The van der Waals surface area contributed by atoms with Gasteiger partial charge in [-0.1, -0.05) is 43.4 Å². The summed E-state index contributed by atoms with van der Waals surface area (Å²) in [6, 6.07) is 0. The molecular formula is C16H25N5O2. The van der Waals surface area contributed by atoms with Gasteiger partial charge >= 0.3 is 0 Å². The van der Waals surface area contributed by atoms with Gasteiger partial charge in [-0.15, -0.1) is 0 Å². The second-order valence-corrected chi connectivity index (χ2v) is 6.84. The van der Waals surface area contributed by atoms with E-state index in [1.54, 1.807) is 0 Å². The first-order valence-corrected chi connectivity index (χ1v) is 8.45. The van der Waals surface area contributed by atoms with Crippen molar-refractivity contribution in [2.24, 2.45) is 5.92 Å². The van der Waals surface area contributed by atoms with Crippen molar-refractivity contribution in [2.75, 3.05) is 0 Å². The molecule has 0 bridgehead atoms. The Balaban J connectivity index is 1.70. The van der Waals surface area contributed by atoms with Gasteiger partial charge in [0.15, 0.2) is 11.6 Å². The molecule has 1 saturated carbocycles. The van der Waals surface area contributed by atoms with Gasteiger partial charge in [-0.3, -0.25) is 5.32 Å². The molecular weight excluding hydrogens is 294 g/mol. The lowest BCUT2D eigenvalue weighted by Crippen LogP contribution is -2.44. The van der Waals surface area contributed by atoms with Gasteiger partial charge in [0.25, 0.3) is 0 Å². The molecule has 1 aliphatic rings. The van der Waals surface area contributed by atoms with Crippen LogP contribution in [0.2, 0.25) is 0 Å². The van der Waals surface area contributed by atoms with E-state index in [0.717, 1.165) is 43.8 Å². The third-order valence-corrected chi connectivity index (χ3v) is 4.34. The lowest BCUT2D eigenvalue weighted by molar-refractivity contribution is 0.201. The third kappa shape index (κ3) is 3.77. The molecule has 0 radical (unpaired) electrons. The summed E-state index contributed by atoms with van der Waals surface area (Å²) in [6.07, 6.45) is 6.39. The van der Waals surface area contributed by atoms with E-state index in [4.69, 9.17) is 9.05 Å². The second kappa shape index (κ2) is 6.78. The fourth-order valence-electron chi connectivity index (χ4n) is 3.18. The van der Waals surface area contributed by atoms with E-state index in [1.807, 2.05) is 6.92 Å². The molecule has 126 valence electrons. The first kappa shape index (κ1) is 16.1. The SMILES string of the molecule is Cc1nc(C2(NCc3nc(CC(C)C)no3)CCCCC2)no1. The summed E-state index contributed by atoms with van der Waals surface area (Å²) in [7, 11) is 0. The predicted molar refractivity (Wildman–Crippen MR) is 83.5 cm³/mol. The van der Waals surface area contributed by atoms with E-state index in [9.17, 15) is 0 Å². The number of nitrogens with zero attached hydrogens (tertiary/aromatic N) is 4. The summed E-state index contributed by atoms with van der Waals surface area (Å²) >= 11 is 0. The maximum Gasteiger partial charge on any atom is 0.240 e. The van der Waals surface area contributed by atoms with Crippen molar-refractivity contribution in [2.45, 2.75) is 71.4 Å². The van der Waals surface area contributed by atoms with Crippen LogP contribution in [0.15, 0.2) is 9.05 Å². The summed E-state index contributed by atoms with van der Waals surface area (Å²) in [6.45, 7) is 6.63. The Morgan fingerprint density at radius 1 is 1.09 bits per heavy atom. The van der Waals surface area contributed by atoms with Crippen molar-refractivity contribution in [1.29, 1.82) is 0 Å². The highest BCUT2D eigenvalue weighted by molar-refractivity contribution is 5.07. The Labute approximate surface area is 136 Å². The van der Waals surface area contributed by atoms with Crippen molar-refractivity contribution >= 4 is 0 Å².